The number of ether oxygens (including phenoxy) is 2. The molecule has 0 aromatic heterocycles. The number of rotatable bonds is 12. The molecule has 1 aliphatic heterocycles. The molecule has 10 heteroatoms. The summed E-state index contributed by atoms with van der Waals surface area (Å²) in [6, 6.07) is 4.85. The highest BCUT2D eigenvalue weighted by Gasteiger charge is 2.19. The number of sulfonamides is 1. The smallest absolute Gasteiger partial charge is 0.240 e. The third-order valence-electron chi connectivity index (χ3n) is 5.84. The summed E-state index contributed by atoms with van der Waals surface area (Å²) in [5.41, 5.74) is 0. The van der Waals surface area contributed by atoms with Gasteiger partial charge < -0.3 is 20.1 Å². The van der Waals surface area contributed by atoms with Crippen molar-refractivity contribution in [1.29, 1.82) is 0 Å². The third-order valence-corrected chi connectivity index (χ3v) is 7.30. The van der Waals surface area contributed by atoms with Crippen LogP contribution >= 0.6 is 0 Å². The van der Waals surface area contributed by atoms with E-state index in [0.29, 0.717) is 63.5 Å². The maximum absolute atomic E-state index is 12.5. The molecule has 0 atom stereocenters. The van der Waals surface area contributed by atoms with Crippen LogP contribution in [-0.4, -0.2) is 52.6 Å². The molecule has 1 aliphatic carbocycles. The van der Waals surface area contributed by atoms with Crippen LogP contribution in [0.1, 0.15) is 64.2 Å². The maximum Gasteiger partial charge on any atom is 0.240 e. The van der Waals surface area contributed by atoms with Crippen molar-refractivity contribution < 1.29 is 27.5 Å². The van der Waals surface area contributed by atoms with Crippen molar-refractivity contribution in [2.45, 2.75) is 75.1 Å². The van der Waals surface area contributed by atoms with E-state index in [1.54, 1.807) is 6.07 Å². The zero-order chi connectivity index (χ0) is 23.5. The molecule has 1 heterocycles. The van der Waals surface area contributed by atoms with Crippen LogP contribution in [0.3, 0.4) is 0 Å². The SMILES string of the molecule is O=C(CCCCCNS(=O)(=O)c1ccc2c(c1)OCCO2)NCCC(=O)NC1CCCCC1. The van der Waals surface area contributed by atoms with E-state index in [1.807, 2.05) is 0 Å². The molecule has 9 nitrogen and oxygen atoms in total. The van der Waals surface area contributed by atoms with Gasteiger partial charge in [-0.15, -0.1) is 0 Å². The summed E-state index contributed by atoms with van der Waals surface area (Å²) < 4.78 is 38.3. The molecule has 2 aliphatic rings. The Labute approximate surface area is 196 Å². The summed E-state index contributed by atoms with van der Waals surface area (Å²) in [6.45, 7) is 1.47. The summed E-state index contributed by atoms with van der Waals surface area (Å²) >= 11 is 0. The second kappa shape index (κ2) is 12.8. The van der Waals surface area contributed by atoms with Crippen molar-refractivity contribution in [2.24, 2.45) is 0 Å². The Hall–Kier alpha value is -2.33. The van der Waals surface area contributed by atoms with Gasteiger partial charge in [0.15, 0.2) is 11.5 Å². The van der Waals surface area contributed by atoms with E-state index in [1.165, 1.54) is 31.4 Å². The minimum Gasteiger partial charge on any atom is -0.486 e. The average molecular weight is 482 g/mol. The molecule has 3 N–H and O–H groups in total. The third kappa shape index (κ3) is 8.51. The van der Waals surface area contributed by atoms with Crippen LogP contribution in [0.5, 0.6) is 11.5 Å². The Bertz CT molecular complexity index is 899. The second-order valence-corrected chi connectivity index (χ2v) is 10.3. The van der Waals surface area contributed by atoms with E-state index in [2.05, 4.69) is 15.4 Å². The van der Waals surface area contributed by atoms with E-state index in [4.69, 9.17) is 9.47 Å². The number of amides is 2. The normalized spacial score (nSPS) is 16.2. The number of benzene rings is 1. The van der Waals surface area contributed by atoms with Gasteiger partial charge in [-0.3, -0.25) is 9.59 Å². The Kier molecular flexibility index (Phi) is 9.80. The molecule has 0 unspecified atom stereocenters. The standard InChI is InChI=1S/C23H35N3O6S/c27-22(24-14-12-23(28)26-18-7-3-1-4-8-18)9-5-2-6-13-25-33(29,30)19-10-11-20-21(17-19)32-16-15-31-20/h10-11,17-18,25H,1-9,12-16H2,(H,24,27)(H,26,28). The summed E-state index contributed by atoms with van der Waals surface area (Å²) in [6.07, 6.45) is 8.34. The lowest BCUT2D eigenvalue weighted by atomic mass is 9.95. The van der Waals surface area contributed by atoms with Crippen molar-refractivity contribution in [2.75, 3.05) is 26.3 Å². The predicted octanol–water partition coefficient (Wildman–Crippen LogP) is 2.25. The van der Waals surface area contributed by atoms with Crippen molar-refractivity contribution in [1.82, 2.24) is 15.4 Å². The van der Waals surface area contributed by atoms with Gasteiger partial charge >= 0.3 is 0 Å². The van der Waals surface area contributed by atoms with Crippen LogP contribution < -0.4 is 24.8 Å². The summed E-state index contributed by atoms with van der Waals surface area (Å²) in [7, 11) is -3.63. The first-order valence-electron chi connectivity index (χ1n) is 11.9. The van der Waals surface area contributed by atoms with E-state index in [0.717, 1.165) is 19.3 Å². The highest BCUT2D eigenvalue weighted by molar-refractivity contribution is 7.89. The molecule has 0 bridgehead atoms. The van der Waals surface area contributed by atoms with Crippen LogP contribution in [0, 0.1) is 0 Å². The number of carbonyl (C=O) groups excluding carboxylic acids is 2. The molecular formula is C23H35N3O6S. The maximum atomic E-state index is 12.5. The Morgan fingerprint density at radius 3 is 2.42 bits per heavy atom. The molecular weight excluding hydrogens is 446 g/mol. The lowest BCUT2D eigenvalue weighted by molar-refractivity contribution is -0.122. The van der Waals surface area contributed by atoms with Gasteiger partial charge in [0.05, 0.1) is 4.90 Å². The quantitative estimate of drug-likeness (QED) is 0.394. The van der Waals surface area contributed by atoms with Crippen molar-refractivity contribution in [3.05, 3.63) is 18.2 Å². The minimum absolute atomic E-state index is 0.00695. The lowest BCUT2D eigenvalue weighted by Gasteiger charge is -2.22. The van der Waals surface area contributed by atoms with Gasteiger partial charge in [-0.1, -0.05) is 25.7 Å². The zero-order valence-electron chi connectivity index (χ0n) is 19.1. The molecule has 1 fully saturated rings. The first-order chi connectivity index (χ1) is 15.9. The number of carbonyl (C=O) groups is 2. The van der Waals surface area contributed by atoms with Gasteiger partial charge in [-0.25, -0.2) is 13.1 Å². The summed E-state index contributed by atoms with van der Waals surface area (Å²) in [5.74, 6) is 0.884. The largest absolute Gasteiger partial charge is 0.486 e. The molecule has 1 aromatic carbocycles. The molecule has 1 saturated carbocycles. The van der Waals surface area contributed by atoms with Crippen molar-refractivity contribution >= 4 is 21.8 Å². The molecule has 0 spiro atoms. The van der Waals surface area contributed by atoms with Gasteiger partial charge in [0.2, 0.25) is 21.8 Å². The number of nitrogens with one attached hydrogen (secondary N) is 3. The zero-order valence-corrected chi connectivity index (χ0v) is 19.9. The summed E-state index contributed by atoms with van der Waals surface area (Å²) in [4.78, 5) is 24.0. The van der Waals surface area contributed by atoms with Gasteiger partial charge in [0.1, 0.15) is 13.2 Å². The van der Waals surface area contributed by atoms with Gasteiger partial charge in [0, 0.05) is 38.0 Å². The molecule has 0 saturated heterocycles. The highest BCUT2D eigenvalue weighted by Crippen LogP contribution is 2.32. The molecule has 0 radical (unpaired) electrons. The van der Waals surface area contributed by atoms with Gasteiger partial charge in [-0.2, -0.15) is 0 Å². The molecule has 2 amide bonds. The molecule has 33 heavy (non-hydrogen) atoms. The van der Waals surface area contributed by atoms with Crippen LogP contribution in [0.15, 0.2) is 23.1 Å². The average Bonchev–Trinajstić information content (AvgIpc) is 2.81. The van der Waals surface area contributed by atoms with Gasteiger partial charge in [-0.05, 0) is 37.8 Å². The molecule has 3 rings (SSSR count). The van der Waals surface area contributed by atoms with Gasteiger partial charge in [0.25, 0.3) is 0 Å². The molecule has 184 valence electrons. The lowest BCUT2D eigenvalue weighted by Crippen LogP contribution is -2.38. The molecule has 1 aromatic rings. The number of hydrogen-bond acceptors (Lipinski definition) is 6. The predicted molar refractivity (Wildman–Crippen MR) is 124 cm³/mol. The number of hydrogen-bond donors (Lipinski definition) is 3. The fraction of sp³-hybridized carbons (Fsp3) is 0.652. The monoisotopic (exact) mass is 481 g/mol. The Morgan fingerprint density at radius 1 is 0.879 bits per heavy atom. The van der Waals surface area contributed by atoms with Crippen LogP contribution in [-0.2, 0) is 19.6 Å². The Morgan fingerprint density at radius 2 is 1.64 bits per heavy atom. The fourth-order valence-electron chi connectivity index (χ4n) is 4.02. The minimum atomic E-state index is -3.63. The topological polar surface area (TPSA) is 123 Å². The Balaban J connectivity index is 1.23. The van der Waals surface area contributed by atoms with E-state index in [-0.39, 0.29) is 22.8 Å². The van der Waals surface area contributed by atoms with Crippen molar-refractivity contribution in [3.63, 3.8) is 0 Å². The second-order valence-electron chi connectivity index (χ2n) is 8.52. The first kappa shape index (κ1) is 25.3. The van der Waals surface area contributed by atoms with E-state index < -0.39 is 10.0 Å². The summed E-state index contributed by atoms with van der Waals surface area (Å²) in [5, 5.41) is 5.82. The highest BCUT2D eigenvalue weighted by atomic mass is 32.2. The fourth-order valence-corrected chi connectivity index (χ4v) is 5.11. The van der Waals surface area contributed by atoms with E-state index >= 15 is 0 Å². The van der Waals surface area contributed by atoms with E-state index in [9.17, 15) is 18.0 Å². The van der Waals surface area contributed by atoms with Crippen LogP contribution in [0.25, 0.3) is 0 Å². The van der Waals surface area contributed by atoms with Crippen molar-refractivity contribution in [3.8, 4) is 11.5 Å². The first-order valence-corrected chi connectivity index (χ1v) is 13.4. The number of unbranched alkanes of at least 4 members (excludes halogenated alkanes) is 2. The van der Waals surface area contributed by atoms with Crippen LogP contribution in [0.4, 0.5) is 0 Å². The van der Waals surface area contributed by atoms with Crippen LogP contribution in [0.2, 0.25) is 0 Å². The number of fused-ring (bicyclic) bond motifs is 1.